The third kappa shape index (κ3) is 8.68. The summed E-state index contributed by atoms with van der Waals surface area (Å²) < 4.78 is 0. The number of nitrogens with zero attached hydrogens (tertiary/aromatic N) is 1. The third-order valence-electron chi connectivity index (χ3n) is 2.12. The molecule has 100 valence electrons. The number of nitrogens with two attached hydrogens (primary N) is 1. The number of hydrogen-bond donors (Lipinski definition) is 2. The van der Waals surface area contributed by atoms with E-state index in [4.69, 9.17) is 5.73 Å². The van der Waals surface area contributed by atoms with E-state index in [0.29, 0.717) is 12.5 Å². The Labute approximate surface area is 104 Å². The summed E-state index contributed by atoms with van der Waals surface area (Å²) in [4.78, 5) is 24.6. The molecule has 0 fully saturated rings. The molecule has 5 heteroatoms. The maximum atomic E-state index is 11.7. The molecule has 0 aliphatic heterocycles. The van der Waals surface area contributed by atoms with Crippen LogP contribution in [0.5, 0.6) is 0 Å². The molecule has 0 radical (unpaired) electrons. The fourth-order valence-electron chi connectivity index (χ4n) is 1.20. The molecule has 0 atom stereocenters. The number of carbonyl (C=O) groups is 2. The zero-order valence-electron chi connectivity index (χ0n) is 11.5. The minimum atomic E-state index is -0.542. The molecule has 3 N–H and O–H groups in total. The molecule has 0 unspecified atom stereocenters. The number of amides is 2. The van der Waals surface area contributed by atoms with Crippen molar-refractivity contribution in [3.63, 3.8) is 0 Å². The van der Waals surface area contributed by atoms with Crippen molar-refractivity contribution in [3.05, 3.63) is 0 Å². The Bertz CT molecular complexity index is 269. The number of nitrogens with one attached hydrogen (secondary N) is 1. The SMILES string of the molecule is CC(C)CNC(=O)CN(C)C(=O)CC(C)(C)N. The summed E-state index contributed by atoms with van der Waals surface area (Å²) in [6.07, 6.45) is 0.237. The Kier molecular flexibility index (Phi) is 6.16. The molecule has 0 aromatic rings. The van der Waals surface area contributed by atoms with Crippen molar-refractivity contribution in [2.24, 2.45) is 11.7 Å². The highest BCUT2D eigenvalue weighted by Crippen LogP contribution is 2.05. The molecule has 0 aliphatic rings. The van der Waals surface area contributed by atoms with E-state index in [9.17, 15) is 9.59 Å². The van der Waals surface area contributed by atoms with Gasteiger partial charge in [0, 0.05) is 25.6 Å². The summed E-state index contributed by atoms with van der Waals surface area (Å²) in [5, 5.41) is 2.77. The number of hydrogen-bond acceptors (Lipinski definition) is 3. The Balaban J connectivity index is 4.04. The highest BCUT2D eigenvalue weighted by molar-refractivity contribution is 5.85. The van der Waals surface area contributed by atoms with E-state index in [2.05, 4.69) is 5.32 Å². The molecule has 0 aliphatic carbocycles. The van der Waals surface area contributed by atoms with Gasteiger partial charge in [-0.1, -0.05) is 13.8 Å². The van der Waals surface area contributed by atoms with Crippen molar-refractivity contribution in [3.8, 4) is 0 Å². The van der Waals surface area contributed by atoms with Crippen LogP contribution in [0.4, 0.5) is 0 Å². The maximum absolute atomic E-state index is 11.7. The molecule has 0 aromatic heterocycles. The van der Waals surface area contributed by atoms with E-state index in [1.807, 2.05) is 13.8 Å². The lowest BCUT2D eigenvalue weighted by molar-refractivity contribution is -0.135. The van der Waals surface area contributed by atoms with Gasteiger partial charge in [-0.15, -0.1) is 0 Å². The average molecular weight is 243 g/mol. The zero-order valence-corrected chi connectivity index (χ0v) is 11.5. The van der Waals surface area contributed by atoms with Crippen molar-refractivity contribution >= 4 is 11.8 Å². The lowest BCUT2D eigenvalue weighted by Gasteiger charge is -2.23. The van der Waals surface area contributed by atoms with Crippen molar-refractivity contribution in [1.82, 2.24) is 10.2 Å². The third-order valence-corrected chi connectivity index (χ3v) is 2.12. The van der Waals surface area contributed by atoms with Gasteiger partial charge in [-0.3, -0.25) is 9.59 Å². The molecule has 0 rings (SSSR count). The second-order valence-electron chi connectivity index (χ2n) is 5.61. The van der Waals surface area contributed by atoms with Crippen LogP contribution in [0.3, 0.4) is 0 Å². The molecule has 0 saturated carbocycles. The van der Waals surface area contributed by atoms with Gasteiger partial charge in [-0.05, 0) is 19.8 Å². The molecule has 0 aromatic carbocycles. The van der Waals surface area contributed by atoms with Gasteiger partial charge in [0.15, 0.2) is 0 Å². The number of carbonyl (C=O) groups excluding carboxylic acids is 2. The normalized spacial score (nSPS) is 11.5. The largest absolute Gasteiger partial charge is 0.354 e. The summed E-state index contributed by atoms with van der Waals surface area (Å²) in [6, 6.07) is 0. The predicted octanol–water partition coefficient (Wildman–Crippen LogP) is 0.344. The van der Waals surface area contributed by atoms with Gasteiger partial charge >= 0.3 is 0 Å². The minimum absolute atomic E-state index is 0.0850. The summed E-state index contributed by atoms with van der Waals surface area (Å²) >= 11 is 0. The van der Waals surface area contributed by atoms with E-state index in [1.54, 1.807) is 20.9 Å². The standard InChI is InChI=1S/C12H25N3O2/c1-9(2)7-14-10(16)8-15(5)11(17)6-12(3,4)13/h9H,6-8,13H2,1-5H3,(H,14,16). The molecular formula is C12H25N3O2. The van der Waals surface area contributed by atoms with Crippen LogP contribution in [0.25, 0.3) is 0 Å². The molecule has 0 spiro atoms. The summed E-state index contributed by atoms with van der Waals surface area (Å²) in [7, 11) is 1.61. The van der Waals surface area contributed by atoms with Crippen LogP contribution in [0.2, 0.25) is 0 Å². The average Bonchev–Trinajstić information content (AvgIpc) is 2.11. The Morgan fingerprint density at radius 2 is 1.88 bits per heavy atom. The first-order chi connectivity index (χ1) is 7.61. The molecular weight excluding hydrogens is 218 g/mol. The second-order valence-corrected chi connectivity index (χ2v) is 5.61. The second kappa shape index (κ2) is 6.59. The smallest absolute Gasteiger partial charge is 0.239 e. The Morgan fingerprint density at radius 1 is 1.35 bits per heavy atom. The van der Waals surface area contributed by atoms with Crippen LogP contribution in [-0.4, -0.2) is 42.4 Å². The summed E-state index contributed by atoms with van der Waals surface area (Å²) in [6.45, 7) is 8.33. The topological polar surface area (TPSA) is 75.4 Å². The number of rotatable bonds is 6. The maximum Gasteiger partial charge on any atom is 0.239 e. The lowest BCUT2D eigenvalue weighted by atomic mass is 10.0. The first-order valence-corrected chi connectivity index (χ1v) is 5.91. The van der Waals surface area contributed by atoms with Gasteiger partial charge in [0.05, 0.1) is 6.54 Å². The van der Waals surface area contributed by atoms with E-state index < -0.39 is 5.54 Å². The fourth-order valence-corrected chi connectivity index (χ4v) is 1.20. The van der Waals surface area contributed by atoms with Crippen LogP contribution in [0.15, 0.2) is 0 Å². The summed E-state index contributed by atoms with van der Waals surface area (Å²) in [5.74, 6) is 0.157. The molecule has 0 bridgehead atoms. The van der Waals surface area contributed by atoms with Crippen molar-refractivity contribution in [2.75, 3.05) is 20.1 Å². The van der Waals surface area contributed by atoms with E-state index in [0.717, 1.165) is 0 Å². The first kappa shape index (κ1) is 15.9. The van der Waals surface area contributed by atoms with Gasteiger partial charge < -0.3 is 16.0 Å². The highest BCUT2D eigenvalue weighted by atomic mass is 16.2. The number of likely N-dealkylation sites (N-methyl/N-ethyl adjacent to an activating group) is 1. The van der Waals surface area contributed by atoms with Crippen LogP contribution < -0.4 is 11.1 Å². The van der Waals surface area contributed by atoms with Crippen molar-refractivity contribution in [2.45, 2.75) is 39.7 Å². The van der Waals surface area contributed by atoms with Gasteiger partial charge in [0.1, 0.15) is 0 Å². The minimum Gasteiger partial charge on any atom is -0.354 e. The quantitative estimate of drug-likeness (QED) is 0.706. The van der Waals surface area contributed by atoms with Crippen LogP contribution >= 0.6 is 0 Å². The van der Waals surface area contributed by atoms with E-state index in [-0.39, 0.29) is 24.8 Å². The lowest BCUT2D eigenvalue weighted by Crippen LogP contribution is -2.43. The summed E-state index contributed by atoms with van der Waals surface area (Å²) in [5.41, 5.74) is 5.21. The monoisotopic (exact) mass is 243 g/mol. The first-order valence-electron chi connectivity index (χ1n) is 5.91. The van der Waals surface area contributed by atoms with Crippen LogP contribution in [-0.2, 0) is 9.59 Å². The highest BCUT2D eigenvalue weighted by Gasteiger charge is 2.20. The molecule has 5 nitrogen and oxygen atoms in total. The van der Waals surface area contributed by atoms with E-state index >= 15 is 0 Å². The van der Waals surface area contributed by atoms with Gasteiger partial charge in [0.25, 0.3) is 0 Å². The molecule has 2 amide bonds. The molecule has 0 saturated heterocycles. The Hall–Kier alpha value is -1.10. The molecule has 0 heterocycles. The Morgan fingerprint density at radius 3 is 2.29 bits per heavy atom. The van der Waals surface area contributed by atoms with Crippen LogP contribution in [0, 0.1) is 5.92 Å². The van der Waals surface area contributed by atoms with Gasteiger partial charge in [0.2, 0.25) is 11.8 Å². The van der Waals surface area contributed by atoms with E-state index in [1.165, 1.54) is 4.90 Å². The van der Waals surface area contributed by atoms with Crippen molar-refractivity contribution in [1.29, 1.82) is 0 Å². The van der Waals surface area contributed by atoms with Gasteiger partial charge in [-0.2, -0.15) is 0 Å². The zero-order chi connectivity index (χ0) is 13.6. The fraction of sp³-hybridized carbons (Fsp3) is 0.833. The predicted molar refractivity (Wildman–Crippen MR) is 68.4 cm³/mol. The molecule has 17 heavy (non-hydrogen) atoms. The van der Waals surface area contributed by atoms with Crippen LogP contribution in [0.1, 0.15) is 34.1 Å². The van der Waals surface area contributed by atoms with Crippen molar-refractivity contribution < 1.29 is 9.59 Å². The van der Waals surface area contributed by atoms with Gasteiger partial charge in [-0.25, -0.2) is 0 Å².